The van der Waals surface area contributed by atoms with Gasteiger partial charge in [-0.05, 0) is 32.6 Å². The predicted octanol–water partition coefficient (Wildman–Crippen LogP) is -0.0210. The number of hydrogen-bond donors (Lipinski definition) is 4. The van der Waals surface area contributed by atoms with Gasteiger partial charge in [0.1, 0.15) is 0 Å². The Hall–Kier alpha value is -0.650. The van der Waals surface area contributed by atoms with Gasteiger partial charge in [0.2, 0.25) is 5.91 Å². The highest BCUT2D eigenvalue weighted by atomic mass is 16.3. The average Bonchev–Trinajstić information content (AvgIpc) is 2.74. The molecule has 18 heavy (non-hydrogen) atoms. The summed E-state index contributed by atoms with van der Waals surface area (Å²) in [7, 11) is 0. The van der Waals surface area contributed by atoms with Crippen molar-refractivity contribution in [1.82, 2.24) is 10.6 Å². The van der Waals surface area contributed by atoms with Gasteiger partial charge in [-0.15, -0.1) is 0 Å². The zero-order valence-corrected chi connectivity index (χ0v) is 11.5. The predicted molar refractivity (Wildman–Crippen MR) is 72.1 cm³/mol. The van der Waals surface area contributed by atoms with E-state index in [0.29, 0.717) is 24.9 Å². The van der Waals surface area contributed by atoms with Crippen molar-refractivity contribution >= 4 is 5.91 Å². The Morgan fingerprint density at radius 2 is 2.17 bits per heavy atom. The first-order valence-electron chi connectivity index (χ1n) is 6.93. The van der Waals surface area contributed by atoms with Crippen molar-refractivity contribution in [2.24, 2.45) is 11.7 Å². The summed E-state index contributed by atoms with van der Waals surface area (Å²) in [6.07, 6.45) is 3.67. The van der Waals surface area contributed by atoms with Crippen LogP contribution in [0.4, 0.5) is 0 Å². The summed E-state index contributed by atoms with van der Waals surface area (Å²) in [6, 6.07) is 0.462. The van der Waals surface area contributed by atoms with Gasteiger partial charge in [0.25, 0.3) is 0 Å². The minimum Gasteiger partial charge on any atom is -0.396 e. The standard InChI is InChI=1S/C13H27N3O2/c1-9(2)15-13(18)6-11(7-14)16-12-5-3-4-10(12)8-17/h9-12,16-17H,3-8,14H2,1-2H3,(H,15,18). The van der Waals surface area contributed by atoms with Crippen molar-refractivity contribution in [2.45, 2.75) is 57.7 Å². The van der Waals surface area contributed by atoms with Crippen molar-refractivity contribution in [3.63, 3.8) is 0 Å². The molecule has 1 fully saturated rings. The molecule has 1 aliphatic rings. The van der Waals surface area contributed by atoms with E-state index in [1.165, 1.54) is 0 Å². The molecule has 0 spiro atoms. The minimum absolute atomic E-state index is 0.000833. The van der Waals surface area contributed by atoms with Crippen LogP contribution in [0.25, 0.3) is 0 Å². The van der Waals surface area contributed by atoms with Gasteiger partial charge in [-0.3, -0.25) is 4.79 Å². The van der Waals surface area contributed by atoms with E-state index < -0.39 is 0 Å². The average molecular weight is 257 g/mol. The second-order valence-electron chi connectivity index (χ2n) is 5.51. The summed E-state index contributed by atoms with van der Waals surface area (Å²) < 4.78 is 0. The van der Waals surface area contributed by atoms with E-state index in [9.17, 15) is 9.90 Å². The number of nitrogens with two attached hydrogens (primary N) is 1. The molecule has 0 aromatic carbocycles. The maximum absolute atomic E-state index is 11.7. The van der Waals surface area contributed by atoms with Crippen LogP contribution in [0.2, 0.25) is 0 Å². The van der Waals surface area contributed by atoms with Gasteiger partial charge >= 0.3 is 0 Å². The van der Waals surface area contributed by atoms with Crippen LogP contribution in [0.1, 0.15) is 39.5 Å². The molecule has 0 aromatic heterocycles. The number of carbonyl (C=O) groups is 1. The van der Waals surface area contributed by atoms with Crippen molar-refractivity contribution in [3.05, 3.63) is 0 Å². The molecule has 1 rings (SSSR count). The van der Waals surface area contributed by atoms with Crippen LogP contribution in [-0.4, -0.2) is 42.3 Å². The molecule has 0 radical (unpaired) electrons. The maximum atomic E-state index is 11.7. The van der Waals surface area contributed by atoms with Crippen molar-refractivity contribution < 1.29 is 9.90 Å². The van der Waals surface area contributed by atoms with Gasteiger partial charge in [0, 0.05) is 37.7 Å². The van der Waals surface area contributed by atoms with Crippen LogP contribution in [0, 0.1) is 5.92 Å². The lowest BCUT2D eigenvalue weighted by Gasteiger charge is -2.25. The van der Waals surface area contributed by atoms with E-state index in [1.807, 2.05) is 13.8 Å². The largest absolute Gasteiger partial charge is 0.396 e. The molecule has 1 aliphatic carbocycles. The van der Waals surface area contributed by atoms with Gasteiger partial charge in [-0.1, -0.05) is 6.42 Å². The SMILES string of the molecule is CC(C)NC(=O)CC(CN)NC1CCCC1CO. The third-order valence-electron chi connectivity index (χ3n) is 3.51. The molecule has 0 heterocycles. The Balaban J connectivity index is 2.39. The lowest BCUT2D eigenvalue weighted by molar-refractivity contribution is -0.122. The number of rotatable bonds is 7. The highest BCUT2D eigenvalue weighted by Crippen LogP contribution is 2.25. The van der Waals surface area contributed by atoms with Crippen molar-refractivity contribution in [3.8, 4) is 0 Å². The molecule has 1 saturated carbocycles. The second kappa shape index (κ2) is 7.71. The number of hydrogen-bond acceptors (Lipinski definition) is 4. The molecular weight excluding hydrogens is 230 g/mol. The number of aliphatic hydroxyl groups excluding tert-OH is 1. The molecule has 3 unspecified atom stereocenters. The number of nitrogens with one attached hydrogen (secondary N) is 2. The summed E-state index contributed by atoms with van der Waals surface area (Å²) in [4.78, 5) is 11.7. The fourth-order valence-corrected chi connectivity index (χ4v) is 2.59. The minimum atomic E-state index is 0.000833. The van der Waals surface area contributed by atoms with Gasteiger partial charge in [0.15, 0.2) is 0 Å². The molecule has 3 atom stereocenters. The Labute approximate surface area is 110 Å². The van der Waals surface area contributed by atoms with E-state index in [0.717, 1.165) is 19.3 Å². The molecule has 1 amide bonds. The number of amides is 1. The Bertz CT molecular complexity index is 259. The Morgan fingerprint density at radius 3 is 2.72 bits per heavy atom. The van der Waals surface area contributed by atoms with E-state index >= 15 is 0 Å². The summed E-state index contributed by atoms with van der Waals surface area (Å²) in [5, 5.41) is 15.6. The van der Waals surface area contributed by atoms with Crippen LogP contribution in [0.3, 0.4) is 0 Å². The third-order valence-corrected chi connectivity index (χ3v) is 3.51. The zero-order valence-electron chi connectivity index (χ0n) is 11.5. The maximum Gasteiger partial charge on any atom is 0.221 e. The summed E-state index contributed by atoms with van der Waals surface area (Å²) in [5.74, 6) is 0.346. The normalized spacial score (nSPS) is 25.4. The van der Waals surface area contributed by atoms with Gasteiger partial charge in [0.05, 0.1) is 0 Å². The first-order valence-corrected chi connectivity index (χ1v) is 6.93. The molecule has 0 aliphatic heterocycles. The van der Waals surface area contributed by atoms with E-state index in [-0.39, 0.29) is 24.6 Å². The smallest absolute Gasteiger partial charge is 0.221 e. The third kappa shape index (κ3) is 4.92. The topological polar surface area (TPSA) is 87.4 Å². The fourth-order valence-electron chi connectivity index (χ4n) is 2.59. The summed E-state index contributed by atoms with van der Waals surface area (Å²) in [5.41, 5.74) is 5.71. The first kappa shape index (κ1) is 15.4. The van der Waals surface area contributed by atoms with Crippen LogP contribution in [0.5, 0.6) is 0 Å². The zero-order chi connectivity index (χ0) is 13.5. The molecular formula is C13H27N3O2. The van der Waals surface area contributed by atoms with Crippen molar-refractivity contribution in [1.29, 1.82) is 0 Å². The first-order chi connectivity index (χ1) is 8.56. The van der Waals surface area contributed by atoms with E-state index in [4.69, 9.17) is 5.73 Å². The van der Waals surface area contributed by atoms with Gasteiger partial charge in [-0.2, -0.15) is 0 Å². The second-order valence-corrected chi connectivity index (χ2v) is 5.51. The molecule has 5 nitrogen and oxygen atoms in total. The number of aliphatic hydroxyl groups is 1. The van der Waals surface area contributed by atoms with Crippen LogP contribution in [0.15, 0.2) is 0 Å². The van der Waals surface area contributed by atoms with E-state index in [1.54, 1.807) is 0 Å². The van der Waals surface area contributed by atoms with Crippen LogP contribution in [-0.2, 0) is 4.79 Å². The Kier molecular flexibility index (Phi) is 6.60. The molecule has 0 aromatic rings. The molecule has 0 saturated heterocycles. The molecule has 0 bridgehead atoms. The molecule has 106 valence electrons. The highest BCUT2D eigenvalue weighted by molar-refractivity contribution is 5.76. The lowest BCUT2D eigenvalue weighted by Crippen LogP contribution is -2.47. The quantitative estimate of drug-likeness (QED) is 0.516. The number of carbonyl (C=O) groups excluding carboxylic acids is 1. The van der Waals surface area contributed by atoms with Crippen LogP contribution >= 0.6 is 0 Å². The fraction of sp³-hybridized carbons (Fsp3) is 0.923. The molecule has 5 N–H and O–H groups in total. The van der Waals surface area contributed by atoms with E-state index in [2.05, 4.69) is 10.6 Å². The van der Waals surface area contributed by atoms with Gasteiger partial charge < -0.3 is 21.5 Å². The molecule has 5 heteroatoms. The Morgan fingerprint density at radius 1 is 1.44 bits per heavy atom. The van der Waals surface area contributed by atoms with Crippen LogP contribution < -0.4 is 16.4 Å². The lowest BCUT2D eigenvalue weighted by atomic mass is 10.0. The highest BCUT2D eigenvalue weighted by Gasteiger charge is 2.28. The van der Waals surface area contributed by atoms with Gasteiger partial charge in [-0.25, -0.2) is 0 Å². The summed E-state index contributed by atoms with van der Waals surface area (Å²) >= 11 is 0. The summed E-state index contributed by atoms with van der Waals surface area (Å²) in [6.45, 7) is 4.55. The van der Waals surface area contributed by atoms with Crippen molar-refractivity contribution in [2.75, 3.05) is 13.2 Å². The monoisotopic (exact) mass is 257 g/mol.